The SMILES string of the molecule is CCC(CC)c1cc(C)nn2c(-c3c(C)oc4c(C(=O)N(C)OC)cccc34)c(C)nc12.CCC(CC)c1cc(C)nn2c(-c3c(C)oc4c(C(=O)NC)cccc34)c(C)nc12. The zero-order valence-electron chi connectivity index (χ0n) is 38.3. The molecule has 0 unspecified atom stereocenters. The Bertz CT molecular complexity index is 2980. The number of amides is 2. The molecular formula is C49H58N8O5. The minimum absolute atomic E-state index is 0.166. The molecule has 324 valence electrons. The van der Waals surface area contributed by atoms with Crippen LogP contribution in [0, 0.1) is 41.5 Å². The van der Waals surface area contributed by atoms with Crippen molar-refractivity contribution in [1.82, 2.24) is 39.6 Å². The molecule has 8 rings (SSSR count). The van der Waals surface area contributed by atoms with Crippen LogP contribution in [0.1, 0.15) is 131 Å². The average Bonchev–Trinajstić information content (AvgIpc) is 3.98. The molecule has 0 atom stereocenters. The van der Waals surface area contributed by atoms with Gasteiger partial charge in [-0.3, -0.25) is 14.4 Å². The summed E-state index contributed by atoms with van der Waals surface area (Å²) in [7, 11) is 4.67. The highest BCUT2D eigenvalue weighted by Gasteiger charge is 2.28. The Balaban J connectivity index is 0.000000187. The minimum Gasteiger partial charge on any atom is -0.460 e. The highest BCUT2D eigenvalue weighted by atomic mass is 16.7. The number of nitrogens with one attached hydrogen (secondary N) is 1. The van der Waals surface area contributed by atoms with Crippen molar-refractivity contribution in [2.75, 3.05) is 21.2 Å². The molecule has 0 aliphatic rings. The molecule has 0 aliphatic heterocycles. The second-order valence-corrected chi connectivity index (χ2v) is 16.1. The summed E-state index contributed by atoms with van der Waals surface area (Å²) in [6, 6.07) is 15.6. The number of furan rings is 2. The second-order valence-electron chi connectivity index (χ2n) is 16.1. The van der Waals surface area contributed by atoms with E-state index in [1.807, 2.05) is 74.8 Å². The summed E-state index contributed by atoms with van der Waals surface area (Å²) in [5.74, 6) is 1.89. The molecule has 13 heteroatoms. The number of aryl methyl sites for hydroxylation is 6. The van der Waals surface area contributed by atoms with Crippen LogP contribution in [0.5, 0.6) is 0 Å². The summed E-state index contributed by atoms with van der Waals surface area (Å²) >= 11 is 0. The van der Waals surface area contributed by atoms with Gasteiger partial charge >= 0.3 is 0 Å². The van der Waals surface area contributed by atoms with E-state index in [0.29, 0.717) is 34.1 Å². The molecule has 8 aromatic rings. The summed E-state index contributed by atoms with van der Waals surface area (Å²) in [5, 5.41) is 15.3. The van der Waals surface area contributed by atoms with Crippen molar-refractivity contribution >= 4 is 45.0 Å². The van der Waals surface area contributed by atoms with Crippen molar-refractivity contribution in [3.05, 3.63) is 105 Å². The van der Waals surface area contributed by atoms with Gasteiger partial charge in [-0.25, -0.2) is 24.1 Å². The Morgan fingerprint density at radius 3 is 1.52 bits per heavy atom. The smallest absolute Gasteiger partial charge is 0.280 e. The molecule has 2 amide bonds. The van der Waals surface area contributed by atoms with Gasteiger partial charge in [0.05, 0.1) is 63.5 Å². The lowest BCUT2D eigenvalue weighted by molar-refractivity contribution is -0.0756. The molecule has 0 radical (unpaired) electrons. The van der Waals surface area contributed by atoms with Crippen LogP contribution in [-0.4, -0.2) is 67.3 Å². The molecule has 0 aliphatic carbocycles. The summed E-state index contributed by atoms with van der Waals surface area (Å²) < 4.78 is 16.2. The first-order valence-corrected chi connectivity index (χ1v) is 21.6. The number of nitrogens with zero attached hydrogens (tertiary/aromatic N) is 7. The summed E-state index contributed by atoms with van der Waals surface area (Å²) in [4.78, 5) is 40.1. The van der Waals surface area contributed by atoms with Gasteiger partial charge in [-0.1, -0.05) is 52.0 Å². The van der Waals surface area contributed by atoms with Crippen LogP contribution in [0.3, 0.4) is 0 Å². The second kappa shape index (κ2) is 17.6. The van der Waals surface area contributed by atoms with Crippen molar-refractivity contribution in [3.63, 3.8) is 0 Å². The number of carbonyl (C=O) groups excluding carboxylic acids is 2. The maximum atomic E-state index is 12.8. The number of para-hydroxylation sites is 2. The number of imidazole rings is 2. The first kappa shape index (κ1) is 43.7. The minimum atomic E-state index is -0.266. The van der Waals surface area contributed by atoms with Gasteiger partial charge in [0.1, 0.15) is 22.7 Å². The number of rotatable bonds is 11. The third kappa shape index (κ3) is 7.42. The Kier molecular flexibility index (Phi) is 12.4. The van der Waals surface area contributed by atoms with E-state index in [2.05, 4.69) is 45.1 Å². The normalized spacial score (nSPS) is 11.7. The molecule has 0 saturated carbocycles. The number of hydrogen-bond acceptors (Lipinski definition) is 9. The zero-order valence-corrected chi connectivity index (χ0v) is 38.3. The van der Waals surface area contributed by atoms with Crippen molar-refractivity contribution in [2.24, 2.45) is 0 Å². The molecule has 0 fully saturated rings. The van der Waals surface area contributed by atoms with Crippen LogP contribution in [0.2, 0.25) is 0 Å². The molecule has 6 aromatic heterocycles. The number of fused-ring (bicyclic) bond motifs is 4. The highest BCUT2D eigenvalue weighted by molar-refractivity contribution is 6.10. The van der Waals surface area contributed by atoms with E-state index in [1.165, 1.54) is 23.3 Å². The lowest BCUT2D eigenvalue weighted by Crippen LogP contribution is -2.25. The Morgan fingerprint density at radius 2 is 1.11 bits per heavy atom. The Hall–Kier alpha value is -6.34. The van der Waals surface area contributed by atoms with Gasteiger partial charge in [-0.05, 0) is 103 Å². The van der Waals surface area contributed by atoms with Gasteiger partial charge in [0.2, 0.25) is 0 Å². The van der Waals surface area contributed by atoms with Crippen LogP contribution in [-0.2, 0) is 4.84 Å². The van der Waals surface area contributed by atoms with Crippen molar-refractivity contribution in [1.29, 1.82) is 0 Å². The van der Waals surface area contributed by atoms with Crippen molar-refractivity contribution < 1.29 is 23.3 Å². The predicted octanol–water partition coefficient (Wildman–Crippen LogP) is 10.9. The fraction of sp³-hybridized carbons (Fsp3) is 0.388. The average molecular weight is 839 g/mol. The molecular weight excluding hydrogens is 781 g/mol. The molecule has 6 heterocycles. The Morgan fingerprint density at radius 1 is 0.694 bits per heavy atom. The van der Waals surface area contributed by atoms with Crippen LogP contribution in [0.15, 0.2) is 57.4 Å². The van der Waals surface area contributed by atoms with Crippen LogP contribution < -0.4 is 5.32 Å². The van der Waals surface area contributed by atoms with E-state index < -0.39 is 0 Å². The molecule has 0 bridgehead atoms. The fourth-order valence-corrected chi connectivity index (χ4v) is 8.99. The Labute approximate surface area is 362 Å². The molecule has 62 heavy (non-hydrogen) atoms. The molecule has 13 nitrogen and oxygen atoms in total. The number of hydrogen-bond donors (Lipinski definition) is 1. The van der Waals surface area contributed by atoms with E-state index in [0.717, 1.165) is 105 Å². The highest BCUT2D eigenvalue weighted by Crippen LogP contribution is 2.41. The number of benzene rings is 2. The maximum absolute atomic E-state index is 12.8. The van der Waals surface area contributed by atoms with E-state index >= 15 is 0 Å². The van der Waals surface area contributed by atoms with Crippen LogP contribution in [0.4, 0.5) is 0 Å². The quantitative estimate of drug-likeness (QED) is 0.126. The fourth-order valence-electron chi connectivity index (χ4n) is 8.99. The summed E-state index contributed by atoms with van der Waals surface area (Å²) in [6.45, 7) is 20.7. The third-order valence-electron chi connectivity index (χ3n) is 12.2. The summed E-state index contributed by atoms with van der Waals surface area (Å²) in [6.07, 6.45) is 4.20. The number of carbonyl (C=O) groups is 2. The number of hydroxylamine groups is 2. The standard InChI is InChI=1S/C25H30N4O3.C24H28N4O2/c1-8-17(9-2)20-13-14(3)27-29-22(15(4)26-24(20)29)21-16(5)32-23-18(21)11-10-12-19(23)25(30)28(6)31-7;1-7-16(8-2)19-12-13(3)27-28-21(14(4)26-23(19)28)20-15(5)30-22-17(20)10-9-11-18(22)24(29)25-6/h10-13,17H,8-9H2,1-7H3;9-12,16H,7-8H2,1-6H3,(H,25,29). The van der Waals surface area contributed by atoms with Gasteiger partial charge in [-0.2, -0.15) is 10.2 Å². The van der Waals surface area contributed by atoms with E-state index in [1.54, 1.807) is 26.2 Å². The number of aromatic nitrogens is 6. The molecule has 2 aromatic carbocycles. The van der Waals surface area contributed by atoms with Gasteiger partial charge in [0.25, 0.3) is 11.8 Å². The first-order chi connectivity index (χ1) is 29.7. The van der Waals surface area contributed by atoms with Crippen LogP contribution >= 0.6 is 0 Å². The van der Waals surface area contributed by atoms with E-state index in [9.17, 15) is 9.59 Å². The largest absolute Gasteiger partial charge is 0.460 e. The third-order valence-corrected chi connectivity index (χ3v) is 12.2. The lowest BCUT2D eigenvalue weighted by Gasteiger charge is -2.15. The van der Waals surface area contributed by atoms with Gasteiger partial charge in [0, 0.05) is 36.0 Å². The molecule has 1 N–H and O–H groups in total. The van der Waals surface area contributed by atoms with E-state index in [-0.39, 0.29) is 11.8 Å². The lowest BCUT2D eigenvalue weighted by atomic mass is 9.95. The van der Waals surface area contributed by atoms with Gasteiger partial charge in [0.15, 0.2) is 11.3 Å². The molecule has 0 spiro atoms. The maximum Gasteiger partial charge on any atom is 0.280 e. The van der Waals surface area contributed by atoms with E-state index in [4.69, 9.17) is 33.8 Å². The summed E-state index contributed by atoms with van der Waals surface area (Å²) in [5.41, 5.74) is 13.7. The topological polar surface area (TPSA) is 145 Å². The van der Waals surface area contributed by atoms with Crippen molar-refractivity contribution in [2.45, 2.75) is 107 Å². The van der Waals surface area contributed by atoms with Gasteiger partial charge < -0.3 is 14.2 Å². The monoisotopic (exact) mass is 838 g/mol. The predicted molar refractivity (Wildman–Crippen MR) is 244 cm³/mol. The molecule has 0 saturated heterocycles. The first-order valence-electron chi connectivity index (χ1n) is 21.6. The van der Waals surface area contributed by atoms with Crippen molar-refractivity contribution in [3.8, 4) is 22.5 Å². The van der Waals surface area contributed by atoms with Gasteiger partial charge in [-0.15, -0.1) is 0 Å². The van der Waals surface area contributed by atoms with Crippen LogP contribution in [0.25, 0.3) is 55.7 Å². The zero-order chi connectivity index (χ0) is 44.7.